The second-order valence-corrected chi connectivity index (χ2v) is 14.4. The highest BCUT2D eigenvalue weighted by Crippen LogP contribution is 2.51. The van der Waals surface area contributed by atoms with E-state index in [1.54, 1.807) is 18.0 Å². The molecule has 268 valence electrons. The topological polar surface area (TPSA) is 195 Å². The third kappa shape index (κ3) is 11.1. The smallest absolute Gasteiger partial charge is 0.365 e. The predicted octanol–water partition coefficient (Wildman–Crippen LogP) is 5.38. The Morgan fingerprint density at radius 2 is 1.51 bits per heavy atom. The van der Waals surface area contributed by atoms with E-state index in [0.29, 0.717) is 16.2 Å². The van der Waals surface area contributed by atoms with Crippen LogP contribution in [-0.2, 0) is 53.4 Å². The largest absolute Gasteiger partial charge is 0.497 e. The van der Waals surface area contributed by atoms with E-state index >= 15 is 0 Å². The van der Waals surface area contributed by atoms with E-state index in [-0.39, 0.29) is 44.3 Å². The molecule has 2 atom stereocenters. The SMILES string of the molecule is COc1ccc(Sc2nc(N)nc3c2ncn3CCOCP(=O)(OC(OC=O)OC2CCCCC2)OC(OC=O)OC2CCCCC2)cc1. The standard InChI is InChI=1S/C31H42N5O11PS/c1-40-22-12-14-25(15-13-22)49-28-26-27(34-29(32)35-28)36(18-33-26)16-17-41-21-48(39,46-30(42-19-37)44-23-8-4-2-5-9-23)47-31(43-20-38)45-24-10-6-3-7-11-24/h12-15,18-20,23-24,30-31H,2-11,16-17,21H2,1H3,(H2,32,34,35). The molecule has 2 aromatic heterocycles. The van der Waals surface area contributed by atoms with Crippen molar-refractivity contribution in [1.29, 1.82) is 0 Å². The number of nitrogens with two attached hydrogens (primary N) is 1. The van der Waals surface area contributed by atoms with E-state index in [4.69, 9.17) is 43.2 Å². The molecule has 2 aliphatic carbocycles. The number of carbonyl (C=O) groups excluding carboxylic acids is 2. The van der Waals surface area contributed by atoms with Crippen molar-refractivity contribution in [3.8, 4) is 5.75 Å². The van der Waals surface area contributed by atoms with Gasteiger partial charge in [-0.3, -0.25) is 14.2 Å². The minimum atomic E-state index is -4.36. The van der Waals surface area contributed by atoms with Crippen molar-refractivity contribution in [3.05, 3.63) is 30.6 Å². The van der Waals surface area contributed by atoms with Gasteiger partial charge in [0, 0.05) is 11.4 Å². The Labute approximate surface area is 288 Å². The third-order valence-electron chi connectivity index (χ3n) is 7.99. The summed E-state index contributed by atoms with van der Waals surface area (Å²) in [6.07, 6.45) is 9.15. The van der Waals surface area contributed by atoms with Gasteiger partial charge in [0.15, 0.2) is 5.65 Å². The Morgan fingerprint density at radius 3 is 2.06 bits per heavy atom. The summed E-state index contributed by atoms with van der Waals surface area (Å²) in [5.41, 5.74) is 7.06. The number of benzene rings is 1. The summed E-state index contributed by atoms with van der Waals surface area (Å²) in [6.45, 7) is -2.82. The van der Waals surface area contributed by atoms with E-state index < -0.39 is 26.9 Å². The van der Waals surface area contributed by atoms with Crippen LogP contribution in [0.2, 0.25) is 0 Å². The Kier molecular flexibility index (Phi) is 14.0. The molecule has 16 nitrogen and oxygen atoms in total. The number of nitrogens with zero attached hydrogens (tertiary/aromatic N) is 4. The van der Waals surface area contributed by atoms with Gasteiger partial charge in [-0.05, 0) is 49.9 Å². The highest BCUT2D eigenvalue weighted by molar-refractivity contribution is 7.99. The molecule has 0 aliphatic heterocycles. The monoisotopic (exact) mass is 723 g/mol. The summed E-state index contributed by atoms with van der Waals surface area (Å²) in [7, 11) is -2.76. The molecule has 1 aromatic carbocycles. The molecule has 2 saturated carbocycles. The van der Waals surface area contributed by atoms with Gasteiger partial charge in [0.05, 0.1) is 32.3 Å². The first kappa shape index (κ1) is 37.0. The van der Waals surface area contributed by atoms with Gasteiger partial charge >= 0.3 is 20.5 Å². The molecule has 2 aliphatic rings. The summed E-state index contributed by atoms with van der Waals surface area (Å²) in [5.74, 6) is 0.796. The molecule has 49 heavy (non-hydrogen) atoms. The minimum absolute atomic E-state index is 0.00158. The second-order valence-electron chi connectivity index (χ2n) is 11.5. The van der Waals surface area contributed by atoms with Crippen LogP contribution in [0, 0.1) is 0 Å². The Bertz CT molecular complexity index is 1500. The molecule has 5 rings (SSSR count). The van der Waals surface area contributed by atoms with E-state index in [2.05, 4.69) is 15.0 Å². The molecular weight excluding hydrogens is 681 g/mol. The number of hydrogen-bond acceptors (Lipinski definition) is 16. The minimum Gasteiger partial charge on any atom is -0.497 e. The van der Waals surface area contributed by atoms with Gasteiger partial charge in [-0.2, -0.15) is 4.98 Å². The maximum Gasteiger partial charge on any atom is 0.365 e. The molecule has 0 saturated heterocycles. The molecule has 2 fully saturated rings. The Hall–Kier alpha value is -3.31. The molecule has 0 bridgehead atoms. The fraction of sp³-hybridized carbons (Fsp3) is 0.581. The van der Waals surface area contributed by atoms with Crippen LogP contribution in [0.15, 0.2) is 40.5 Å². The van der Waals surface area contributed by atoms with Crippen LogP contribution in [0.25, 0.3) is 11.2 Å². The number of aromatic nitrogens is 4. The van der Waals surface area contributed by atoms with Crippen LogP contribution >= 0.6 is 19.4 Å². The number of anilines is 1. The van der Waals surface area contributed by atoms with Gasteiger partial charge in [-0.25, -0.2) is 19.0 Å². The number of hydrogen-bond donors (Lipinski definition) is 1. The highest BCUT2D eigenvalue weighted by Gasteiger charge is 2.38. The van der Waals surface area contributed by atoms with Crippen LogP contribution < -0.4 is 10.5 Å². The lowest BCUT2D eigenvalue weighted by atomic mass is 9.98. The molecule has 2 heterocycles. The van der Waals surface area contributed by atoms with Crippen LogP contribution in [-0.4, -0.2) is 77.7 Å². The number of nitrogen functional groups attached to an aromatic ring is 1. The summed E-state index contributed by atoms with van der Waals surface area (Å²) in [6, 6.07) is 7.49. The van der Waals surface area contributed by atoms with Crippen molar-refractivity contribution >= 4 is 49.4 Å². The fourth-order valence-corrected chi connectivity index (χ4v) is 7.71. The van der Waals surface area contributed by atoms with Crippen molar-refractivity contribution in [1.82, 2.24) is 19.5 Å². The zero-order valence-electron chi connectivity index (χ0n) is 27.3. The summed E-state index contributed by atoms with van der Waals surface area (Å²) in [4.78, 5) is 36.8. The lowest BCUT2D eigenvalue weighted by molar-refractivity contribution is -0.275. The first-order valence-electron chi connectivity index (χ1n) is 16.2. The predicted molar refractivity (Wildman–Crippen MR) is 175 cm³/mol. The van der Waals surface area contributed by atoms with Gasteiger partial charge < -0.3 is 38.7 Å². The van der Waals surface area contributed by atoms with Crippen LogP contribution in [0.4, 0.5) is 5.95 Å². The average molecular weight is 724 g/mol. The van der Waals surface area contributed by atoms with Crippen molar-refractivity contribution in [2.45, 2.75) is 106 Å². The van der Waals surface area contributed by atoms with Crippen molar-refractivity contribution in [2.75, 3.05) is 25.8 Å². The normalized spacial score (nSPS) is 18.4. The fourth-order valence-electron chi connectivity index (χ4n) is 5.58. The lowest BCUT2D eigenvalue weighted by Gasteiger charge is -2.31. The molecule has 3 aromatic rings. The quantitative estimate of drug-likeness (QED) is 0.0512. The molecule has 0 amide bonds. The van der Waals surface area contributed by atoms with Crippen LogP contribution in [0.3, 0.4) is 0 Å². The maximum absolute atomic E-state index is 14.2. The van der Waals surface area contributed by atoms with Gasteiger partial charge in [0.2, 0.25) is 5.95 Å². The summed E-state index contributed by atoms with van der Waals surface area (Å²) < 4.78 is 59.8. The first-order valence-corrected chi connectivity index (χ1v) is 18.8. The van der Waals surface area contributed by atoms with Gasteiger partial charge in [-0.15, -0.1) is 0 Å². The van der Waals surface area contributed by atoms with E-state index in [0.717, 1.165) is 74.9 Å². The van der Waals surface area contributed by atoms with Crippen LogP contribution in [0.5, 0.6) is 5.75 Å². The number of carbonyl (C=O) groups is 2. The number of methoxy groups -OCH3 is 1. The molecule has 0 radical (unpaired) electrons. The number of rotatable bonds is 20. The maximum atomic E-state index is 14.2. The molecular formula is C31H42N5O11PS. The second kappa shape index (κ2) is 18.6. The number of imidazole rings is 1. The van der Waals surface area contributed by atoms with Crippen molar-refractivity contribution in [2.24, 2.45) is 0 Å². The van der Waals surface area contributed by atoms with Gasteiger partial charge in [0.1, 0.15) is 22.6 Å². The molecule has 18 heteroatoms. The lowest BCUT2D eigenvalue weighted by Crippen LogP contribution is -2.31. The summed E-state index contributed by atoms with van der Waals surface area (Å²) >= 11 is 1.38. The molecule has 2 unspecified atom stereocenters. The van der Waals surface area contributed by atoms with E-state index in [9.17, 15) is 14.2 Å². The Morgan fingerprint density at radius 1 is 0.918 bits per heavy atom. The number of fused-ring (bicyclic) bond motifs is 1. The third-order valence-corrected chi connectivity index (χ3v) is 10.5. The first-order chi connectivity index (χ1) is 23.9. The Balaban J connectivity index is 1.27. The zero-order valence-corrected chi connectivity index (χ0v) is 29.0. The highest BCUT2D eigenvalue weighted by atomic mass is 32.2. The van der Waals surface area contributed by atoms with Gasteiger partial charge in [-0.1, -0.05) is 50.3 Å². The summed E-state index contributed by atoms with van der Waals surface area (Å²) in [5, 5.41) is 0.567. The van der Waals surface area contributed by atoms with Crippen molar-refractivity contribution < 1.29 is 51.6 Å². The van der Waals surface area contributed by atoms with E-state index in [1.807, 2.05) is 24.3 Å². The van der Waals surface area contributed by atoms with Gasteiger partial charge in [0.25, 0.3) is 12.9 Å². The van der Waals surface area contributed by atoms with E-state index in [1.165, 1.54) is 11.8 Å². The molecule has 2 N–H and O–H groups in total. The average Bonchev–Trinajstić information content (AvgIpc) is 3.51. The van der Waals surface area contributed by atoms with Crippen LogP contribution in [0.1, 0.15) is 64.2 Å². The molecule has 0 spiro atoms. The van der Waals surface area contributed by atoms with Crippen molar-refractivity contribution in [3.63, 3.8) is 0 Å². The number of ether oxygens (including phenoxy) is 6. The zero-order chi connectivity index (χ0) is 34.5.